The SMILES string of the molecule is COC(=O)Cc1cnc(OC(F)(F)F)c(C(F)(F)F)c1CCl. The van der Waals surface area contributed by atoms with E-state index in [4.69, 9.17) is 11.6 Å². The van der Waals surface area contributed by atoms with Crippen molar-refractivity contribution in [3.8, 4) is 5.88 Å². The van der Waals surface area contributed by atoms with E-state index in [-0.39, 0.29) is 5.56 Å². The Morgan fingerprint density at radius 3 is 2.27 bits per heavy atom. The highest BCUT2D eigenvalue weighted by Crippen LogP contribution is 2.41. The molecule has 0 aliphatic heterocycles. The summed E-state index contributed by atoms with van der Waals surface area (Å²) in [5.74, 6) is -3.37. The molecule has 4 nitrogen and oxygen atoms in total. The number of nitrogens with zero attached hydrogens (tertiary/aromatic N) is 1. The largest absolute Gasteiger partial charge is 0.574 e. The Morgan fingerprint density at radius 1 is 1.27 bits per heavy atom. The summed E-state index contributed by atoms with van der Waals surface area (Å²) in [7, 11) is 1.00. The number of ether oxygens (including phenoxy) is 2. The second-order valence-corrected chi connectivity index (χ2v) is 4.14. The van der Waals surface area contributed by atoms with E-state index in [0.29, 0.717) is 6.20 Å². The number of aromatic nitrogens is 1. The molecule has 0 aromatic carbocycles. The molecule has 1 aromatic rings. The number of pyridine rings is 1. The van der Waals surface area contributed by atoms with Gasteiger partial charge in [-0.1, -0.05) is 0 Å². The first kappa shape index (κ1) is 18.3. The molecule has 0 aliphatic rings. The van der Waals surface area contributed by atoms with E-state index < -0.39 is 47.8 Å². The van der Waals surface area contributed by atoms with Gasteiger partial charge in [-0.15, -0.1) is 24.8 Å². The molecule has 1 aromatic heterocycles. The topological polar surface area (TPSA) is 48.4 Å². The van der Waals surface area contributed by atoms with Crippen molar-refractivity contribution in [3.05, 3.63) is 22.9 Å². The number of hydrogen-bond acceptors (Lipinski definition) is 4. The van der Waals surface area contributed by atoms with Gasteiger partial charge in [-0.2, -0.15) is 13.2 Å². The maximum atomic E-state index is 13.0. The van der Waals surface area contributed by atoms with Gasteiger partial charge >= 0.3 is 18.5 Å². The van der Waals surface area contributed by atoms with E-state index in [1.54, 1.807) is 0 Å². The van der Waals surface area contributed by atoms with Crippen LogP contribution in [-0.4, -0.2) is 24.4 Å². The number of halogens is 7. The molecule has 0 radical (unpaired) electrons. The van der Waals surface area contributed by atoms with Crippen LogP contribution in [0.1, 0.15) is 16.7 Å². The van der Waals surface area contributed by atoms with E-state index in [9.17, 15) is 31.1 Å². The van der Waals surface area contributed by atoms with Gasteiger partial charge in [-0.25, -0.2) is 4.98 Å². The summed E-state index contributed by atoms with van der Waals surface area (Å²) in [6.07, 6.45) is -10.5. The average molecular weight is 352 g/mol. The monoisotopic (exact) mass is 351 g/mol. The second-order valence-electron chi connectivity index (χ2n) is 3.87. The maximum Gasteiger partial charge on any atom is 0.574 e. The van der Waals surface area contributed by atoms with Gasteiger partial charge in [0, 0.05) is 12.1 Å². The average Bonchev–Trinajstić information content (AvgIpc) is 2.36. The molecule has 22 heavy (non-hydrogen) atoms. The molecular formula is C11H8ClF6NO3. The molecule has 0 N–H and O–H groups in total. The van der Waals surface area contributed by atoms with Crippen LogP contribution in [0.5, 0.6) is 5.88 Å². The van der Waals surface area contributed by atoms with Crippen LogP contribution >= 0.6 is 11.6 Å². The molecule has 0 atom stereocenters. The molecule has 0 saturated heterocycles. The van der Waals surface area contributed by atoms with Crippen molar-refractivity contribution in [1.29, 1.82) is 0 Å². The smallest absolute Gasteiger partial charge is 0.469 e. The summed E-state index contributed by atoms with van der Waals surface area (Å²) in [5, 5.41) is 0. The molecule has 0 saturated carbocycles. The quantitative estimate of drug-likeness (QED) is 0.473. The van der Waals surface area contributed by atoms with Crippen LogP contribution in [0.15, 0.2) is 6.20 Å². The van der Waals surface area contributed by atoms with Crippen molar-refractivity contribution in [2.45, 2.75) is 24.8 Å². The Kier molecular flexibility index (Phi) is 5.49. The summed E-state index contributed by atoms with van der Waals surface area (Å²) in [4.78, 5) is 14.1. The number of alkyl halides is 7. The zero-order valence-electron chi connectivity index (χ0n) is 10.8. The first-order chi connectivity index (χ1) is 9.99. The minimum atomic E-state index is -5.36. The zero-order chi connectivity index (χ0) is 17.1. The Hall–Kier alpha value is -1.71. The zero-order valence-corrected chi connectivity index (χ0v) is 11.6. The number of methoxy groups -OCH3 is 1. The van der Waals surface area contributed by atoms with Crippen molar-refractivity contribution < 1.29 is 40.6 Å². The summed E-state index contributed by atoms with van der Waals surface area (Å²) >= 11 is 5.40. The Bertz CT molecular complexity index is 558. The molecule has 0 bridgehead atoms. The third kappa shape index (κ3) is 4.65. The van der Waals surface area contributed by atoms with Gasteiger partial charge in [0.25, 0.3) is 0 Å². The van der Waals surface area contributed by atoms with Gasteiger partial charge in [0.05, 0.1) is 13.5 Å². The molecule has 1 heterocycles. The van der Waals surface area contributed by atoms with Crippen molar-refractivity contribution in [2.75, 3.05) is 7.11 Å². The fourth-order valence-electron chi connectivity index (χ4n) is 1.58. The Labute approximate surface area is 125 Å². The highest BCUT2D eigenvalue weighted by atomic mass is 35.5. The van der Waals surface area contributed by atoms with E-state index in [1.807, 2.05) is 0 Å². The Balaban J connectivity index is 3.47. The minimum Gasteiger partial charge on any atom is -0.469 e. The van der Waals surface area contributed by atoms with Crippen LogP contribution in [-0.2, 0) is 28.0 Å². The molecule has 124 valence electrons. The third-order valence-electron chi connectivity index (χ3n) is 2.43. The van der Waals surface area contributed by atoms with Crippen LogP contribution in [0, 0.1) is 0 Å². The molecule has 0 unspecified atom stereocenters. The van der Waals surface area contributed by atoms with Crippen molar-refractivity contribution >= 4 is 17.6 Å². The van der Waals surface area contributed by atoms with Gasteiger partial charge < -0.3 is 9.47 Å². The standard InChI is InChI=1S/C11H8ClF6NO3/c1-21-7(20)2-5-4-19-9(22-11(16,17)18)8(6(5)3-12)10(13,14)15/h4H,2-3H2,1H3. The lowest BCUT2D eigenvalue weighted by atomic mass is 10.0. The first-order valence-electron chi connectivity index (χ1n) is 5.46. The fraction of sp³-hybridized carbons (Fsp3) is 0.455. The van der Waals surface area contributed by atoms with E-state index in [0.717, 1.165) is 7.11 Å². The number of esters is 1. The van der Waals surface area contributed by atoms with Crippen LogP contribution < -0.4 is 4.74 Å². The predicted molar refractivity (Wildman–Crippen MR) is 61.2 cm³/mol. The van der Waals surface area contributed by atoms with E-state index in [1.165, 1.54) is 0 Å². The number of rotatable bonds is 4. The van der Waals surface area contributed by atoms with Crippen molar-refractivity contribution in [3.63, 3.8) is 0 Å². The molecule has 0 spiro atoms. The van der Waals surface area contributed by atoms with Gasteiger partial charge in [0.2, 0.25) is 5.88 Å². The fourth-order valence-corrected chi connectivity index (χ4v) is 1.89. The number of carbonyl (C=O) groups is 1. The highest BCUT2D eigenvalue weighted by Gasteiger charge is 2.43. The summed E-state index contributed by atoms with van der Waals surface area (Å²) < 4.78 is 83.1. The van der Waals surface area contributed by atoms with Crippen LogP contribution in [0.25, 0.3) is 0 Å². The maximum absolute atomic E-state index is 13.0. The second kappa shape index (κ2) is 6.59. The van der Waals surface area contributed by atoms with Gasteiger partial charge in [-0.05, 0) is 11.1 Å². The predicted octanol–water partition coefficient (Wildman–Crippen LogP) is 3.45. The first-order valence-corrected chi connectivity index (χ1v) is 5.99. The highest BCUT2D eigenvalue weighted by molar-refractivity contribution is 6.17. The number of hydrogen-bond donors (Lipinski definition) is 0. The summed E-state index contributed by atoms with van der Waals surface area (Å²) in [5.41, 5.74) is -2.81. The van der Waals surface area contributed by atoms with Crippen LogP contribution in [0.2, 0.25) is 0 Å². The van der Waals surface area contributed by atoms with Gasteiger partial charge in [0.1, 0.15) is 5.56 Å². The third-order valence-corrected chi connectivity index (χ3v) is 2.70. The van der Waals surface area contributed by atoms with Crippen molar-refractivity contribution in [2.24, 2.45) is 0 Å². The molecule has 0 aliphatic carbocycles. The molecule has 1 rings (SSSR count). The lowest BCUT2D eigenvalue weighted by molar-refractivity contribution is -0.278. The minimum absolute atomic E-state index is 0.302. The van der Waals surface area contributed by atoms with E-state index >= 15 is 0 Å². The van der Waals surface area contributed by atoms with E-state index in [2.05, 4.69) is 14.5 Å². The van der Waals surface area contributed by atoms with Gasteiger partial charge in [0.15, 0.2) is 0 Å². The lowest BCUT2D eigenvalue weighted by Gasteiger charge is -2.19. The van der Waals surface area contributed by atoms with Gasteiger partial charge in [-0.3, -0.25) is 4.79 Å². The molecule has 11 heteroatoms. The van der Waals surface area contributed by atoms with Crippen molar-refractivity contribution in [1.82, 2.24) is 4.98 Å². The molecule has 0 fully saturated rings. The normalized spacial score (nSPS) is 12.2. The summed E-state index contributed by atoms with van der Waals surface area (Å²) in [6.45, 7) is 0. The number of carbonyl (C=O) groups excluding carboxylic acids is 1. The van der Waals surface area contributed by atoms with Crippen LogP contribution in [0.4, 0.5) is 26.3 Å². The van der Waals surface area contributed by atoms with Crippen LogP contribution in [0.3, 0.4) is 0 Å². The lowest BCUT2D eigenvalue weighted by Crippen LogP contribution is -2.23. The molecule has 0 amide bonds. The molecular weight excluding hydrogens is 344 g/mol. The Morgan fingerprint density at radius 2 is 1.86 bits per heavy atom. The summed E-state index contributed by atoms with van der Waals surface area (Å²) in [6, 6.07) is 0.